The van der Waals surface area contributed by atoms with E-state index in [0.717, 1.165) is 16.2 Å². The Bertz CT molecular complexity index is 1250. The molecule has 0 spiro atoms. The van der Waals surface area contributed by atoms with Crippen molar-refractivity contribution in [3.63, 3.8) is 0 Å². The molecule has 33 heavy (non-hydrogen) atoms. The average Bonchev–Trinajstić information content (AvgIpc) is 3.18. The Labute approximate surface area is 196 Å². The van der Waals surface area contributed by atoms with E-state index in [-0.39, 0.29) is 18.1 Å². The molecule has 0 bridgehead atoms. The van der Waals surface area contributed by atoms with Crippen LogP contribution in [-0.4, -0.2) is 33.7 Å². The first-order valence-electron chi connectivity index (χ1n) is 10.4. The Morgan fingerprint density at radius 2 is 1.70 bits per heavy atom. The normalized spacial score (nSPS) is 18.0. The van der Waals surface area contributed by atoms with Crippen molar-refractivity contribution < 1.29 is 18.8 Å². The third-order valence-corrected chi connectivity index (χ3v) is 6.38. The van der Waals surface area contributed by atoms with E-state index in [1.54, 1.807) is 49.4 Å². The Balaban J connectivity index is 1.55. The zero-order valence-corrected chi connectivity index (χ0v) is 19.2. The SMILES string of the molecule is Cc1cc(C(=O)CN2C(=O)NC(C)(c3ccc(Cl)cc3)C2=O)c(C)n1Cc1ccc(F)cc1. The summed E-state index contributed by atoms with van der Waals surface area (Å²) in [6, 6.07) is 13.9. The van der Waals surface area contributed by atoms with Gasteiger partial charge in [0.1, 0.15) is 11.4 Å². The smallest absolute Gasteiger partial charge is 0.325 e. The first kappa shape index (κ1) is 22.7. The fourth-order valence-electron chi connectivity index (χ4n) is 4.15. The van der Waals surface area contributed by atoms with Gasteiger partial charge in [0.05, 0.1) is 6.54 Å². The van der Waals surface area contributed by atoms with Crippen LogP contribution >= 0.6 is 11.6 Å². The molecule has 4 rings (SSSR count). The van der Waals surface area contributed by atoms with Crippen LogP contribution in [0.1, 0.15) is 39.8 Å². The fraction of sp³-hybridized carbons (Fsp3) is 0.240. The number of carbonyl (C=O) groups is 3. The molecular weight excluding hydrogens is 445 g/mol. The van der Waals surface area contributed by atoms with E-state index >= 15 is 0 Å². The summed E-state index contributed by atoms with van der Waals surface area (Å²) in [7, 11) is 0. The molecule has 170 valence electrons. The van der Waals surface area contributed by atoms with Gasteiger partial charge < -0.3 is 9.88 Å². The van der Waals surface area contributed by atoms with Gasteiger partial charge in [-0.2, -0.15) is 0 Å². The second-order valence-corrected chi connectivity index (χ2v) is 8.81. The number of Topliss-reactive ketones (excluding diaryl/α,β-unsaturated/α-hetero) is 1. The van der Waals surface area contributed by atoms with E-state index in [9.17, 15) is 18.8 Å². The van der Waals surface area contributed by atoms with Gasteiger partial charge in [-0.25, -0.2) is 9.18 Å². The highest BCUT2D eigenvalue weighted by Gasteiger charge is 2.49. The zero-order valence-electron chi connectivity index (χ0n) is 18.5. The lowest BCUT2D eigenvalue weighted by Gasteiger charge is -2.22. The van der Waals surface area contributed by atoms with Gasteiger partial charge in [0, 0.05) is 28.5 Å². The van der Waals surface area contributed by atoms with Crippen LogP contribution in [0.25, 0.3) is 0 Å². The molecule has 3 aromatic rings. The number of aromatic nitrogens is 1. The van der Waals surface area contributed by atoms with Crippen molar-refractivity contribution in [2.24, 2.45) is 0 Å². The van der Waals surface area contributed by atoms with Crippen molar-refractivity contribution >= 4 is 29.3 Å². The summed E-state index contributed by atoms with van der Waals surface area (Å²) < 4.78 is 15.2. The van der Waals surface area contributed by atoms with Crippen molar-refractivity contribution in [2.75, 3.05) is 6.54 Å². The maximum Gasteiger partial charge on any atom is 0.325 e. The minimum absolute atomic E-state index is 0.310. The summed E-state index contributed by atoms with van der Waals surface area (Å²) in [6.45, 7) is 5.40. The molecule has 1 saturated heterocycles. The van der Waals surface area contributed by atoms with Crippen molar-refractivity contribution in [3.05, 3.63) is 93.5 Å². The number of amides is 3. The Hall–Kier alpha value is -3.45. The van der Waals surface area contributed by atoms with Crippen molar-refractivity contribution in [1.82, 2.24) is 14.8 Å². The van der Waals surface area contributed by atoms with Crippen molar-refractivity contribution in [3.8, 4) is 0 Å². The van der Waals surface area contributed by atoms with E-state index < -0.39 is 17.5 Å². The topological polar surface area (TPSA) is 71.4 Å². The van der Waals surface area contributed by atoms with Gasteiger partial charge in [-0.3, -0.25) is 14.5 Å². The molecule has 2 aromatic carbocycles. The molecule has 1 unspecified atom stereocenters. The first-order chi connectivity index (χ1) is 15.6. The summed E-state index contributed by atoms with van der Waals surface area (Å²) >= 11 is 5.94. The number of carbonyl (C=O) groups excluding carboxylic acids is 3. The highest BCUT2D eigenvalue weighted by molar-refractivity contribution is 6.30. The van der Waals surface area contributed by atoms with Crippen molar-refractivity contribution in [2.45, 2.75) is 32.9 Å². The minimum Gasteiger partial charge on any atom is -0.344 e. The third kappa shape index (κ3) is 4.16. The number of hydrogen-bond donors (Lipinski definition) is 1. The number of imide groups is 1. The molecule has 1 aromatic heterocycles. The maximum atomic E-state index is 13.2. The van der Waals surface area contributed by atoms with Gasteiger partial charge in [0.2, 0.25) is 0 Å². The number of urea groups is 1. The molecule has 6 nitrogen and oxygen atoms in total. The molecule has 1 aliphatic heterocycles. The molecule has 2 heterocycles. The maximum absolute atomic E-state index is 13.2. The minimum atomic E-state index is -1.28. The number of benzene rings is 2. The summed E-state index contributed by atoms with van der Waals surface area (Å²) in [4.78, 5) is 39.8. The number of nitrogens with zero attached hydrogens (tertiary/aromatic N) is 2. The van der Waals surface area contributed by atoms with Gasteiger partial charge >= 0.3 is 6.03 Å². The number of nitrogens with one attached hydrogen (secondary N) is 1. The summed E-state index contributed by atoms with van der Waals surface area (Å²) in [5, 5.41) is 3.21. The molecule has 0 saturated carbocycles. The molecule has 0 aliphatic carbocycles. The number of rotatable bonds is 6. The second-order valence-electron chi connectivity index (χ2n) is 8.37. The lowest BCUT2D eigenvalue weighted by Crippen LogP contribution is -2.41. The molecule has 1 fully saturated rings. The van der Waals surface area contributed by atoms with E-state index in [1.807, 2.05) is 18.4 Å². The highest BCUT2D eigenvalue weighted by atomic mass is 35.5. The largest absolute Gasteiger partial charge is 0.344 e. The summed E-state index contributed by atoms with van der Waals surface area (Å²) in [5.74, 6) is -1.14. The molecule has 1 atom stereocenters. The predicted octanol–water partition coefficient (Wildman–Crippen LogP) is 4.60. The molecule has 3 amide bonds. The van der Waals surface area contributed by atoms with E-state index in [0.29, 0.717) is 28.4 Å². The lowest BCUT2D eigenvalue weighted by molar-refractivity contribution is -0.130. The number of aryl methyl sites for hydroxylation is 1. The molecule has 1 aliphatic rings. The number of hydrogen-bond acceptors (Lipinski definition) is 3. The number of ketones is 1. The lowest BCUT2D eigenvalue weighted by atomic mass is 9.92. The van der Waals surface area contributed by atoms with Crippen LogP contribution in [0.15, 0.2) is 54.6 Å². The molecule has 0 radical (unpaired) electrons. The Morgan fingerprint density at radius 1 is 1.06 bits per heavy atom. The second kappa shape index (κ2) is 8.48. The third-order valence-electron chi connectivity index (χ3n) is 6.13. The monoisotopic (exact) mass is 467 g/mol. The number of halogens is 2. The van der Waals surface area contributed by atoms with E-state index in [2.05, 4.69) is 5.32 Å². The van der Waals surface area contributed by atoms with Crippen LogP contribution in [0.4, 0.5) is 9.18 Å². The highest BCUT2D eigenvalue weighted by Crippen LogP contribution is 2.30. The van der Waals surface area contributed by atoms with Crippen LogP contribution in [0.5, 0.6) is 0 Å². The standard InChI is InChI=1S/C25H23ClFN3O3/c1-15-12-21(16(2)29(15)13-17-4-10-20(27)11-5-17)22(31)14-30-23(32)25(3,28-24(30)33)18-6-8-19(26)9-7-18/h4-12H,13-14H2,1-3H3,(H,28,33). The molecular formula is C25H23ClFN3O3. The summed E-state index contributed by atoms with van der Waals surface area (Å²) in [5.41, 5.74) is 2.21. The van der Waals surface area contributed by atoms with Crippen LogP contribution in [-0.2, 0) is 16.9 Å². The first-order valence-corrected chi connectivity index (χ1v) is 10.8. The van der Waals surface area contributed by atoms with Gasteiger partial charge in [-0.1, -0.05) is 35.9 Å². The van der Waals surface area contributed by atoms with Crippen LogP contribution in [0.2, 0.25) is 5.02 Å². The Morgan fingerprint density at radius 3 is 2.33 bits per heavy atom. The van der Waals surface area contributed by atoms with Gasteiger partial charge in [0.15, 0.2) is 5.78 Å². The van der Waals surface area contributed by atoms with E-state index in [1.165, 1.54) is 12.1 Å². The average molecular weight is 468 g/mol. The van der Waals surface area contributed by atoms with Crippen LogP contribution < -0.4 is 5.32 Å². The van der Waals surface area contributed by atoms with Crippen LogP contribution in [0, 0.1) is 19.7 Å². The zero-order chi connectivity index (χ0) is 23.9. The van der Waals surface area contributed by atoms with Crippen molar-refractivity contribution in [1.29, 1.82) is 0 Å². The van der Waals surface area contributed by atoms with E-state index in [4.69, 9.17) is 11.6 Å². The molecule has 1 N–H and O–H groups in total. The Kier molecular flexibility index (Phi) is 5.84. The van der Waals surface area contributed by atoms with Gasteiger partial charge in [-0.05, 0) is 62.2 Å². The fourth-order valence-corrected chi connectivity index (χ4v) is 4.27. The van der Waals surface area contributed by atoms with Crippen LogP contribution in [0.3, 0.4) is 0 Å². The molecule has 8 heteroatoms. The predicted molar refractivity (Wildman–Crippen MR) is 123 cm³/mol. The van der Waals surface area contributed by atoms with Gasteiger partial charge in [-0.15, -0.1) is 0 Å². The summed E-state index contributed by atoms with van der Waals surface area (Å²) in [6.07, 6.45) is 0. The quantitative estimate of drug-likeness (QED) is 0.425. The van der Waals surface area contributed by atoms with Gasteiger partial charge in [0.25, 0.3) is 5.91 Å².